The second-order valence-corrected chi connectivity index (χ2v) is 8.16. The van der Waals surface area contributed by atoms with Crippen LogP contribution in [-0.2, 0) is 21.4 Å². The highest BCUT2D eigenvalue weighted by atomic mass is 32.2. The van der Waals surface area contributed by atoms with Gasteiger partial charge in [0.1, 0.15) is 10.6 Å². The van der Waals surface area contributed by atoms with E-state index in [1.807, 2.05) is 18.2 Å². The number of H-pyrrole nitrogens is 1. The fraction of sp³-hybridized carbons (Fsp3) is 0.0952. The zero-order valence-corrected chi connectivity index (χ0v) is 17.7. The number of anilines is 2. The highest BCUT2D eigenvalue weighted by Gasteiger charge is 2.17. The van der Waals surface area contributed by atoms with Gasteiger partial charge in [-0.1, -0.05) is 6.07 Å². The molecule has 0 unspecified atom stereocenters. The van der Waals surface area contributed by atoms with Crippen LogP contribution in [0.3, 0.4) is 0 Å². The number of nitrogens with one attached hydrogen (secondary N) is 3. The van der Waals surface area contributed by atoms with Crippen molar-refractivity contribution in [3.63, 3.8) is 0 Å². The first-order chi connectivity index (χ1) is 15.4. The first kappa shape index (κ1) is 21.1. The molecule has 32 heavy (non-hydrogen) atoms. The zero-order valence-electron chi connectivity index (χ0n) is 16.9. The van der Waals surface area contributed by atoms with Crippen LogP contribution in [-0.4, -0.2) is 36.6 Å². The molecule has 0 bridgehead atoms. The van der Waals surface area contributed by atoms with Crippen molar-refractivity contribution in [1.29, 1.82) is 0 Å². The maximum absolute atomic E-state index is 12.7. The minimum Gasteiger partial charge on any atom is -0.453 e. The predicted octanol–water partition coefficient (Wildman–Crippen LogP) is 3.52. The number of hydrogen-bond donors (Lipinski definition) is 3. The molecule has 0 saturated carbocycles. The van der Waals surface area contributed by atoms with E-state index in [9.17, 15) is 13.2 Å². The van der Waals surface area contributed by atoms with Gasteiger partial charge in [0.2, 0.25) is 5.95 Å². The third-order valence-corrected chi connectivity index (χ3v) is 5.67. The summed E-state index contributed by atoms with van der Waals surface area (Å²) in [5, 5.41) is 5.58. The summed E-state index contributed by atoms with van der Waals surface area (Å²) in [5.41, 5.74) is 2.62. The molecular weight excluding hydrogens is 434 g/mol. The van der Waals surface area contributed by atoms with Crippen LogP contribution in [0.4, 0.5) is 16.4 Å². The number of methoxy groups -OCH3 is 1. The molecule has 10 nitrogen and oxygen atoms in total. The number of aromatic nitrogens is 3. The molecule has 0 aliphatic rings. The monoisotopic (exact) mass is 453 g/mol. The summed E-state index contributed by atoms with van der Waals surface area (Å²) in [7, 11) is -2.82. The lowest BCUT2D eigenvalue weighted by Gasteiger charge is -2.09. The van der Waals surface area contributed by atoms with E-state index in [0.29, 0.717) is 17.6 Å². The average molecular weight is 453 g/mol. The summed E-state index contributed by atoms with van der Waals surface area (Å²) < 4.78 is 35.1. The molecule has 0 saturated heterocycles. The van der Waals surface area contributed by atoms with E-state index in [1.165, 1.54) is 31.4 Å². The highest BCUT2D eigenvalue weighted by Crippen LogP contribution is 2.24. The van der Waals surface area contributed by atoms with Crippen molar-refractivity contribution in [3.05, 3.63) is 72.6 Å². The third-order valence-electron chi connectivity index (χ3n) is 4.41. The Morgan fingerprint density at radius 2 is 1.91 bits per heavy atom. The van der Waals surface area contributed by atoms with E-state index in [-0.39, 0.29) is 16.6 Å². The number of imidazole rings is 1. The molecule has 4 aromatic rings. The number of carbonyl (C=O) groups is 1. The van der Waals surface area contributed by atoms with Crippen molar-refractivity contribution < 1.29 is 22.1 Å². The maximum Gasteiger partial charge on any atom is 0.413 e. The summed E-state index contributed by atoms with van der Waals surface area (Å²) >= 11 is 0. The molecule has 0 aliphatic carbocycles. The Hall–Kier alpha value is -4.12. The van der Waals surface area contributed by atoms with E-state index in [0.717, 1.165) is 11.4 Å². The molecule has 0 radical (unpaired) electrons. The van der Waals surface area contributed by atoms with E-state index in [4.69, 9.17) is 4.18 Å². The second-order valence-electron chi connectivity index (χ2n) is 6.62. The van der Waals surface area contributed by atoms with Crippen LogP contribution >= 0.6 is 0 Å². The molecule has 2 aromatic carbocycles. The van der Waals surface area contributed by atoms with Crippen molar-refractivity contribution in [1.82, 2.24) is 15.0 Å². The van der Waals surface area contributed by atoms with Crippen molar-refractivity contribution >= 4 is 38.9 Å². The molecule has 11 heteroatoms. The lowest BCUT2D eigenvalue weighted by molar-refractivity contribution is 0.186. The minimum atomic E-state index is -4.05. The van der Waals surface area contributed by atoms with Gasteiger partial charge in [-0.2, -0.15) is 8.42 Å². The molecule has 2 heterocycles. The Balaban J connectivity index is 1.45. The van der Waals surface area contributed by atoms with Gasteiger partial charge in [0.15, 0.2) is 0 Å². The van der Waals surface area contributed by atoms with Crippen LogP contribution in [0.2, 0.25) is 0 Å². The van der Waals surface area contributed by atoms with Crippen molar-refractivity contribution in [3.8, 4) is 5.75 Å². The normalized spacial score (nSPS) is 11.2. The van der Waals surface area contributed by atoms with Crippen molar-refractivity contribution in [2.24, 2.45) is 0 Å². The fourth-order valence-corrected chi connectivity index (χ4v) is 3.78. The number of nitrogens with zero attached hydrogens (tertiary/aromatic N) is 2. The zero-order chi connectivity index (χ0) is 22.6. The number of carbonyl (C=O) groups excluding carboxylic acids is 1. The maximum atomic E-state index is 12.7. The minimum absolute atomic E-state index is 0.0102. The van der Waals surface area contributed by atoms with Crippen molar-refractivity contribution in [2.75, 3.05) is 17.7 Å². The standard InChI is InChI=1S/C21H19N5O5S/c1-30-21(27)26-20-24-18-10-7-16(12-19(18)25-20)31-32(28,29)17-8-5-14(6-9-17)23-13-15-4-2-3-11-22-15/h2-12,23H,13H2,1H3,(H2,24,25,26,27). The topological polar surface area (TPSA) is 135 Å². The number of ether oxygens (including phenoxy) is 1. The summed E-state index contributed by atoms with van der Waals surface area (Å²) in [5.74, 6) is 0.256. The smallest absolute Gasteiger partial charge is 0.413 e. The molecule has 0 aliphatic heterocycles. The van der Waals surface area contributed by atoms with Crippen LogP contribution in [0.15, 0.2) is 71.8 Å². The van der Waals surface area contributed by atoms with E-state index >= 15 is 0 Å². The molecule has 0 atom stereocenters. The molecule has 1 amide bonds. The molecule has 2 aromatic heterocycles. The average Bonchev–Trinajstić information content (AvgIpc) is 3.19. The number of fused-ring (bicyclic) bond motifs is 1. The van der Waals surface area contributed by atoms with E-state index in [2.05, 4.69) is 30.3 Å². The first-order valence-electron chi connectivity index (χ1n) is 9.46. The summed E-state index contributed by atoms with van der Waals surface area (Å²) in [6.45, 7) is 0.514. The van der Waals surface area contributed by atoms with Gasteiger partial charge in [-0.15, -0.1) is 0 Å². The second kappa shape index (κ2) is 8.94. The Labute approximate surface area is 183 Å². The van der Waals surface area contributed by atoms with Gasteiger partial charge < -0.3 is 19.2 Å². The van der Waals surface area contributed by atoms with Crippen molar-refractivity contribution in [2.45, 2.75) is 11.4 Å². The number of hydrogen-bond acceptors (Lipinski definition) is 8. The Kier molecular flexibility index (Phi) is 5.90. The quantitative estimate of drug-likeness (QED) is 0.362. The van der Waals surface area contributed by atoms with Gasteiger partial charge >= 0.3 is 16.2 Å². The summed E-state index contributed by atoms with van der Waals surface area (Å²) in [6, 6.07) is 16.4. The fourth-order valence-electron chi connectivity index (χ4n) is 2.85. The van der Waals surface area contributed by atoms with E-state index in [1.54, 1.807) is 24.4 Å². The van der Waals surface area contributed by atoms with Gasteiger partial charge in [0.25, 0.3) is 0 Å². The van der Waals surface area contributed by atoms with Gasteiger partial charge in [-0.3, -0.25) is 10.3 Å². The number of pyridine rings is 1. The number of benzene rings is 2. The number of rotatable bonds is 7. The Morgan fingerprint density at radius 1 is 1.09 bits per heavy atom. The van der Waals surface area contributed by atoms with Gasteiger partial charge in [-0.25, -0.2) is 9.78 Å². The van der Waals surface area contributed by atoms with Gasteiger partial charge in [-0.05, 0) is 48.5 Å². The predicted molar refractivity (Wildman–Crippen MR) is 118 cm³/mol. The molecule has 164 valence electrons. The van der Waals surface area contributed by atoms with Crippen LogP contribution < -0.4 is 14.8 Å². The molecule has 3 N–H and O–H groups in total. The van der Waals surface area contributed by atoms with Crippen LogP contribution in [0, 0.1) is 0 Å². The molecular formula is C21H19N5O5S. The number of aromatic amines is 1. The van der Waals surface area contributed by atoms with Crippen LogP contribution in [0.25, 0.3) is 11.0 Å². The van der Waals surface area contributed by atoms with Gasteiger partial charge in [0.05, 0.1) is 30.4 Å². The van der Waals surface area contributed by atoms with Gasteiger partial charge in [0, 0.05) is 18.0 Å². The number of amides is 1. The lowest BCUT2D eigenvalue weighted by Crippen LogP contribution is -2.11. The Bertz CT molecular complexity index is 1340. The molecule has 0 spiro atoms. The van der Waals surface area contributed by atoms with E-state index < -0.39 is 16.2 Å². The lowest BCUT2D eigenvalue weighted by atomic mass is 10.3. The molecule has 0 fully saturated rings. The largest absolute Gasteiger partial charge is 0.453 e. The summed E-state index contributed by atoms with van der Waals surface area (Å²) in [4.78, 5) is 22.6. The first-order valence-corrected chi connectivity index (χ1v) is 10.9. The van der Waals surface area contributed by atoms with Crippen LogP contribution in [0.5, 0.6) is 5.75 Å². The SMILES string of the molecule is COC(=O)Nc1nc2cc(OS(=O)(=O)c3ccc(NCc4ccccn4)cc3)ccc2[nH]1. The summed E-state index contributed by atoms with van der Waals surface area (Å²) in [6.07, 6.45) is 1.03. The third kappa shape index (κ3) is 4.95. The van der Waals surface area contributed by atoms with Crippen LogP contribution in [0.1, 0.15) is 5.69 Å². The highest BCUT2D eigenvalue weighted by molar-refractivity contribution is 7.87. The molecule has 4 rings (SSSR count). The Morgan fingerprint density at radius 3 is 2.62 bits per heavy atom.